The molecule has 8 amide bonds. The Labute approximate surface area is 739 Å². The van der Waals surface area contributed by atoms with Crippen LogP contribution >= 0.6 is 11.6 Å². The molecule has 8 aromatic carbocycles. The van der Waals surface area contributed by atoms with Gasteiger partial charge in [-0.15, -0.1) is 25.7 Å². The second-order valence-electron chi connectivity index (χ2n) is 30.7. The van der Waals surface area contributed by atoms with Crippen molar-refractivity contribution in [1.29, 1.82) is 0 Å². The number of alkyl halides is 12. The number of terminal acetylenes is 4. The summed E-state index contributed by atoms with van der Waals surface area (Å²) in [7, 11) is 0. The quantitative estimate of drug-likeness (QED) is 0.0427. The zero-order valence-electron chi connectivity index (χ0n) is 68.9. The van der Waals surface area contributed by atoms with Gasteiger partial charge in [-0.05, 0) is 184 Å². The third kappa shape index (κ3) is 27.2. The number of nitrogens with zero attached hydrogens (tertiary/aromatic N) is 4. The first-order valence-corrected chi connectivity index (χ1v) is 41.4. The number of amides is 8. The van der Waals surface area contributed by atoms with Gasteiger partial charge in [0.15, 0.2) is 0 Å². The number of hydrogen-bond acceptors (Lipinski definition) is 8. The van der Waals surface area contributed by atoms with Crippen molar-refractivity contribution in [3.8, 4) is 49.4 Å². The van der Waals surface area contributed by atoms with Crippen LogP contribution in [-0.2, 0) is 63.1 Å². The topological polar surface area (TPSA) is 198 Å². The number of carbonyl (C=O) groups excluding carboxylic acids is 8. The molecule has 8 aromatic rings. The van der Waals surface area contributed by atoms with E-state index in [-0.39, 0.29) is 68.6 Å². The second kappa shape index (κ2) is 45.6. The van der Waals surface area contributed by atoms with E-state index in [4.69, 9.17) is 37.3 Å². The molecule has 0 radical (unpaired) electrons. The number of nitrogens with one attached hydrogen (secondary N) is 4. The fourth-order valence-electron chi connectivity index (χ4n) is 15.6. The third-order valence-electron chi connectivity index (χ3n) is 21.9. The van der Waals surface area contributed by atoms with Crippen molar-refractivity contribution in [2.45, 2.75) is 201 Å². The summed E-state index contributed by atoms with van der Waals surface area (Å²) in [5.74, 6) is -2.75. The average molecular weight is 1820 g/mol. The molecule has 4 unspecified atom stereocenters. The number of carbonyl (C=O) groups is 8. The molecular formula is C96H87ClF16N8O8. The van der Waals surface area contributed by atoms with Crippen LogP contribution in [0.4, 0.5) is 93.0 Å². The molecule has 16 nitrogen and oxygen atoms in total. The first kappa shape index (κ1) is 99.7. The van der Waals surface area contributed by atoms with Crippen molar-refractivity contribution < 1.29 is 109 Å². The molecule has 678 valence electrons. The maximum absolute atomic E-state index is 14.8. The van der Waals surface area contributed by atoms with Crippen LogP contribution in [0.5, 0.6) is 0 Å². The lowest BCUT2D eigenvalue weighted by Gasteiger charge is -2.33. The minimum absolute atomic E-state index is 0.0921. The van der Waals surface area contributed by atoms with Gasteiger partial charge in [0.2, 0.25) is 23.6 Å². The summed E-state index contributed by atoms with van der Waals surface area (Å²) in [6, 6.07) is 28.0. The molecule has 0 saturated heterocycles. The molecule has 129 heavy (non-hydrogen) atoms. The molecule has 4 fully saturated rings. The Bertz CT molecular complexity index is 5300. The molecule has 4 N–H and O–H groups in total. The lowest BCUT2D eigenvalue weighted by atomic mass is 9.94. The second-order valence-corrected chi connectivity index (χ2v) is 31.1. The Kier molecular flexibility index (Phi) is 35.2. The summed E-state index contributed by atoms with van der Waals surface area (Å²) < 4.78 is 216. The predicted octanol–water partition coefficient (Wildman–Crippen LogP) is 20.7. The van der Waals surface area contributed by atoms with E-state index < -0.39 is 147 Å². The summed E-state index contributed by atoms with van der Waals surface area (Å²) >= 11 is 6.34. The van der Waals surface area contributed by atoms with Gasteiger partial charge in [0.05, 0.1) is 22.3 Å². The molecule has 4 saturated carbocycles. The lowest BCUT2D eigenvalue weighted by molar-refractivity contribution is -0.138. The van der Waals surface area contributed by atoms with Gasteiger partial charge >= 0.3 is 48.3 Å². The third-order valence-corrected chi connectivity index (χ3v) is 22.2. The van der Waals surface area contributed by atoms with Crippen LogP contribution in [0.15, 0.2) is 188 Å². The molecule has 4 atom stereocenters. The van der Waals surface area contributed by atoms with E-state index in [9.17, 15) is 109 Å². The van der Waals surface area contributed by atoms with E-state index in [2.05, 4.69) is 21.3 Å². The SMILES string of the molecule is C#CC(=O)N(c1cccc(C(F)(F)F)c1)C(C(=O)NC1CCCCC1)c1ccc(F)cc1.C#CC(=O)N(c1cccc(C(F)(F)F)c1)C(C(=O)NC1CCCCC1)c1ccc(F)cc1F.C#CC(=O)N(c1cccc(C(F)(F)F)c1)C(C(=O)NC1CCCCC1)c1ccccc1Cl.C#CC(=O)N(c1cccc(C(F)(F)F)c1)C(C(=O)NC1CCCCC1)c1ccccc1F. The van der Waals surface area contributed by atoms with Crippen molar-refractivity contribution in [2.24, 2.45) is 0 Å². The van der Waals surface area contributed by atoms with Crippen molar-refractivity contribution in [3.05, 3.63) is 261 Å². The summed E-state index contributed by atoms with van der Waals surface area (Å²) in [5, 5.41) is 11.6. The molecule has 0 aliphatic heterocycles. The summed E-state index contributed by atoms with van der Waals surface area (Å²) in [5.41, 5.74) is -5.06. The molecule has 4 aliphatic rings. The summed E-state index contributed by atoms with van der Waals surface area (Å²) in [6.45, 7) is 0. The van der Waals surface area contributed by atoms with Gasteiger partial charge < -0.3 is 21.3 Å². The van der Waals surface area contributed by atoms with Gasteiger partial charge in [0.25, 0.3) is 0 Å². The zero-order chi connectivity index (χ0) is 94.1. The highest BCUT2D eigenvalue weighted by Crippen LogP contribution is 2.42. The minimum Gasteiger partial charge on any atom is -0.351 e. The average Bonchev–Trinajstić information content (AvgIpc) is 0.789. The van der Waals surface area contributed by atoms with Gasteiger partial charge in [-0.25, -0.2) is 17.6 Å². The highest BCUT2D eigenvalue weighted by atomic mass is 35.5. The van der Waals surface area contributed by atoms with E-state index >= 15 is 0 Å². The molecule has 0 heterocycles. The summed E-state index contributed by atoms with van der Waals surface area (Å²) in [4.78, 5) is 107. The van der Waals surface area contributed by atoms with Crippen LogP contribution in [0.2, 0.25) is 5.02 Å². The van der Waals surface area contributed by atoms with Crippen LogP contribution < -0.4 is 40.9 Å². The number of halogens is 17. The van der Waals surface area contributed by atoms with Gasteiger partial charge in [-0.3, -0.25) is 58.0 Å². The minimum atomic E-state index is -4.73. The number of benzene rings is 8. The Hall–Kier alpha value is -13.1. The standard InChI is InChI=1S/C24H22ClF3N2O2.C24H21F5N2O2.2C24H22F4N2O2/c1-2-21(31)30(18-12-8-9-16(15-18)24(26,27)28)22(19-13-6-7-14-20(19)25)23(32)29-17-10-4-3-5-11-17;1-2-21(32)31(18-10-6-7-15(13-18)24(27,28)29)22(19-12-11-16(25)14-20(19)26)23(33)30-17-8-4-3-5-9-17;1-2-21(31)30(18-12-8-9-16(15-18)24(26,27)28)22(19-13-6-7-14-20(19)25)23(32)29-17-10-4-3-5-11-17;1-2-21(31)30(20-10-6-7-17(15-20)24(26,27)28)22(16-11-13-18(25)14-12-16)23(32)29-19-8-4-3-5-9-19/h1,6-9,12-15,17,22H,3-5,10-11H2,(H,29,32);1,6-7,10-14,17,22H,3-5,8-9H2,(H,30,33);1,6-9,12-15,17,22H,3-5,10-11H2,(H,29,32);1,6-7,10-15,19,22H,3-5,8-9H2,(H,29,32). The van der Waals surface area contributed by atoms with Crippen molar-refractivity contribution in [1.82, 2.24) is 21.3 Å². The highest BCUT2D eigenvalue weighted by molar-refractivity contribution is 6.32. The van der Waals surface area contributed by atoms with Crippen LogP contribution in [0, 0.1) is 72.6 Å². The monoisotopic (exact) mass is 1820 g/mol. The zero-order valence-corrected chi connectivity index (χ0v) is 69.7. The fraction of sp³-hybridized carbons (Fsp3) is 0.333. The van der Waals surface area contributed by atoms with E-state index in [0.29, 0.717) is 29.9 Å². The van der Waals surface area contributed by atoms with E-state index in [1.54, 1.807) is 30.2 Å². The predicted molar refractivity (Wildman–Crippen MR) is 453 cm³/mol. The Morgan fingerprint density at radius 2 is 0.566 bits per heavy atom. The molecule has 0 aromatic heterocycles. The molecule has 0 spiro atoms. The normalized spacial score (nSPS) is 15.4. The molecular weight excluding hydrogens is 1730 g/mol. The Morgan fingerprint density at radius 3 is 0.853 bits per heavy atom. The lowest BCUT2D eigenvalue weighted by Crippen LogP contribution is -2.47. The van der Waals surface area contributed by atoms with Gasteiger partial charge in [-0.2, -0.15) is 52.7 Å². The first-order valence-electron chi connectivity index (χ1n) is 41.1. The smallest absolute Gasteiger partial charge is 0.351 e. The Morgan fingerprint density at radius 1 is 0.302 bits per heavy atom. The molecule has 0 bridgehead atoms. The van der Waals surface area contributed by atoms with Crippen molar-refractivity contribution >= 4 is 81.6 Å². The van der Waals surface area contributed by atoms with Crippen LogP contribution in [-0.4, -0.2) is 71.4 Å². The maximum Gasteiger partial charge on any atom is 0.416 e. The van der Waals surface area contributed by atoms with Gasteiger partial charge in [0.1, 0.15) is 47.4 Å². The van der Waals surface area contributed by atoms with Gasteiger partial charge in [0, 0.05) is 74.7 Å². The van der Waals surface area contributed by atoms with Crippen LogP contribution in [0.1, 0.15) is 197 Å². The first-order chi connectivity index (χ1) is 61.3. The van der Waals surface area contributed by atoms with Crippen molar-refractivity contribution in [3.63, 3.8) is 0 Å². The van der Waals surface area contributed by atoms with Gasteiger partial charge in [-0.1, -0.05) is 168 Å². The maximum atomic E-state index is 14.8. The van der Waals surface area contributed by atoms with E-state index in [0.717, 1.165) is 233 Å². The number of rotatable bonds is 20. The largest absolute Gasteiger partial charge is 0.416 e. The fourth-order valence-corrected chi connectivity index (χ4v) is 15.9. The number of anilines is 4. The van der Waals surface area contributed by atoms with E-state index in [1.165, 1.54) is 48.5 Å². The van der Waals surface area contributed by atoms with Crippen LogP contribution in [0.25, 0.3) is 0 Å². The van der Waals surface area contributed by atoms with Crippen molar-refractivity contribution in [2.75, 3.05) is 19.6 Å². The summed E-state index contributed by atoms with van der Waals surface area (Å²) in [6.07, 6.45) is 19.8. The van der Waals surface area contributed by atoms with E-state index in [1.807, 2.05) is 17.8 Å². The Balaban J connectivity index is 0.000000194. The molecule has 12 rings (SSSR count). The molecule has 33 heteroatoms. The highest BCUT2D eigenvalue weighted by Gasteiger charge is 2.43. The molecule has 4 aliphatic carbocycles. The number of hydrogen-bond donors (Lipinski definition) is 4. The van der Waals surface area contributed by atoms with Crippen LogP contribution in [0.3, 0.4) is 0 Å².